The molecule has 2 N–H and O–H groups in total. The molecular weight excluding hydrogens is 485 g/mol. The van der Waals surface area contributed by atoms with Gasteiger partial charge in [-0.15, -0.1) is 24.0 Å². The minimum absolute atomic E-state index is 0. The van der Waals surface area contributed by atoms with Crippen LogP contribution in [0.2, 0.25) is 0 Å². The number of hydrogen-bond acceptors (Lipinski definition) is 3. The van der Waals surface area contributed by atoms with Crippen molar-refractivity contribution >= 4 is 51.5 Å². The fraction of sp³-hybridized carbons (Fsp3) is 0.500. The molecule has 2 aromatic rings. The molecule has 8 heteroatoms. The van der Waals surface area contributed by atoms with E-state index in [0.29, 0.717) is 24.8 Å². The maximum atomic E-state index is 5.88. The van der Waals surface area contributed by atoms with Crippen molar-refractivity contribution < 1.29 is 4.74 Å². The summed E-state index contributed by atoms with van der Waals surface area (Å²) in [5.74, 6) is 0.810. The number of rotatable bonds is 3. The first kappa shape index (κ1) is 17.9. The van der Waals surface area contributed by atoms with Crippen LogP contribution in [0.3, 0.4) is 0 Å². The third-order valence-electron chi connectivity index (χ3n) is 4.55. The molecule has 0 radical (unpaired) electrons. The summed E-state index contributed by atoms with van der Waals surface area (Å²) in [5, 5.41) is 6.83. The maximum Gasteiger partial charge on any atom is 0.191 e. The number of hydrogen-bond donors (Lipinski definition) is 2. The first-order chi connectivity index (χ1) is 11.2. The minimum Gasteiger partial charge on any atom is -0.373 e. The van der Waals surface area contributed by atoms with Crippen molar-refractivity contribution in [2.75, 3.05) is 7.05 Å². The van der Waals surface area contributed by atoms with Gasteiger partial charge in [-0.25, -0.2) is 4.98 Å². The lowest BCUT2D eigenvalue weighted by molar-refractivity contribution is 0.0992. The lowest BCUT2D eigenvalue weighted by atomic mass is 9.96. The molecule has 0 aliphatic carbocycles. The van der Waals surface area contributed by atoms with Gasteiger partial charge in [-0.3, -0.25) is 4.99 Å². The van der Waals surface area contributed by atoms with E-state index in [4.69, 9.17) is 4.74 Å². The van der Waals surface area contributed by atoms with Gasteiger partial charge in [0.1, 0.15) is 5.65 Å². The molecule has 0 saturated carbocycles. The number of halogens is 2. The number of fused-ring (bicyclic) bond motifs is 3. The van der Waals surface area contributed by atoms with Crippen molar-refractivity contribution in [3.05, 3.63) is 34.7 Å². The van der Waals surface area contributed by atoms with Crippen LogP contribution in [0.5, 0.6) is 0 Å². The number of imidazole rings is 1. The van der Waals surface area contributed by atoms with E-state index < -0.39 is 0 Å². The van der Waals surface area contributed by atoms with E-state index in [2.05, 4.69) is 36.5 Å². The average molecular weight is 506 g/mol. The van der Waals surface area contributed by atoms with Crippen LogP contribution in [0.15, 0.2) is 34.0 Å². The van der Waals surface area contributed by atoms with Gasteiger partial charge in [0.15, 0.2) is 5.96 Å². The van der Waals surface area contributed by atoms with Gasteiger partial charge in [-0.2, -0.15) is 0 Å². The zero-order valence-electron chi connectivity index (χ0n) is 13.4. The van der Waals surface area contributed by atoms with Crippen LogP contribution in [0.25, 0.3) is 5.65 Å². The Morgan fingerprint density at radius 2 is 2.29 bits per heavy atom. The van der Waals surface area contributed by atoms with Gasteiger partial charge < -0.3 is 19.8 Å². The highest BCUT2D eigenvalue weighted by Gasteiger charge is 2.41. The lowest BCUT2D eigenvalue weighted by Gasteiger charge is -2.22. The first-order valence-corrected chi connectivity index (χ1v) is 8.76. The summed E-state index contributed by atoms with van der Waals surface area (Å²) in [4.78, 5) is 8.92. The van der Waals surface area contributed by atoms with E-state index in [1.807, 2.05) is 28.9 Å². The fourth-order valence-corrected chi connectivity index (χ4v) is 3.79. The largest absolute Gasteiger partial charge is 0.373 e. The number of guanidine groups is 1. The van der Waals surface area contributed by atoms with Crippen LogP contribution in [-0.4, -0.2) is 40.6 Å². The van der Waals surface area contributed by atoms with Gasteiger partial charge in [0.05, 0.1) is 30.5 Å². The normalized spacial score (nSPS) is 25.8. The van der Waals surface area contributed by atoms with Gasteiger partial charge in [-0.05, 0) is 47.3 Å². The Morgan fingerprint density at radius 3 is 3.00 bits per heavy atom. The van der Waals surface area contributed by atoms with Crippen LogP contribution in [0.4, 0.5) is 0 Å². The zero-order valence-corrected chi connectivity index (χ0v) is 17.3. The van der Waals surface area contributed by atoms with Crippen LogP contribution in [0.1, 0.15) is 25.0 Å². The predicted molar refractivity (Wildman–Crippen MR) is 108 cm³/mol. The summed E-state index contributed by atoms with van der Waals surface area (Å²) in [5.41, 5.74) is 1.92. The number of aliphatic imine (C=N–C) groups is 1. The topological polar surface area (TPSA) is 63.0 Å². The van der Waals surface area contributed by atoms with Crippen molar-refractivity contribution in [1.82, 2.24) is 20.0 Å². The molecule has 3 atom stereocenters. The number of nitrogens with one attached hydrogen (secondary N) is 2. The summed E-state index contributed by atoms with van der Waals surface area (Å²) < 4.78 is 8.93. The smallest absolute Gasteiger partial charge is 0.191 e. The second-order valence-electron chi connectivity index (χ2n) is 6.13. The van der Waals surface area contributed by atoms with Gasteiger partial charge in [0.25, 0.3) is 0 Å². The van der Waals surface area contributed by atoms with Crippen molar-refractivity contribution in [2.45, 2.75) is 44.1 Å². The molecule has 130 valence electrons. The molecule has 2 aliphatic heterocycles. The van der Waals surface area contributed by atoms with Gasteiger partial charge in [-0.1, -0.05) is 0 Å². The van der Waals surface area contributed by atoms with E-state index >= 15 is 0 Å². The van der Waals surface area contributed by atoms with Gasteiger partial charge >= 0.3 is 0 Å². The minimum atomic E-state index is 0. The van der Waals surface area contributed by atoms with Crippen LogP contribution < -0.4 is 10.6 Å². The Morgan fingerprint density at radius 1 is 1.42 bits per heavy atom. The predicted octanol–water partition coefficient (Wildman–Crippen LogP) is 2.70. The third kappa shape index (κ3) is 3.70. The first-order valence-electron chi connectivity index (χ1n) is 7.97. The summed E-state index contributed by atoms with van der Waals surface area (Å²) in [6.45, 7) is 0.640. The molecule has 4 heterocycles. The Kier molecular flexibility index (Phi) is 5.66. The van der Waals surface area contributed by atoms with Gasteiger partial charge in [0, 0.05) is 23.9 Å². The Bertz CT molecular complexity index is 749. The number of nitrogens with zero attached hydrogens (tertiary/aromatic N) is 3. The highest BCUT2D eigenvalue weighted by Crippen LogP contribution is 2.34. The molecule has 2 saturated heterocycles. The standard InChI is InChI=1S/C16H20BrN5O.HI/c1-18-16(21-13-6-12-3-4-14(13)23-12)19-7-11-9-22-8-10(17)2-5-15(22)20-11;/h2,5,8-9,12-14H,3-4,6-7H2,1H3,(H2,18,19,21);1H. The summed E-state index contributed by atoms with van der Waals surface area (Å²) in [7, 11) is 1.80. The highest BCUT2D eigenvalue weighted by atomic mass is 127. The monoisotopic (exact) mass is 505 g/mol. The molecular formula is C16H21BrIN5O. The number of ether oxygens (including phenoxy) is 1. The summed E-state index contributed by atoms with van der Waals surface area (Å²) in [6, 6.07) is 4.36. The lowest BCUT2D eigenvalue weighted by Crippen LogP contribution is -2.47. The molecule has 4 rings (SSSR count). The summed E-state index contributed by atoms with van der Waals surface area (Å²) in [6.07, 6.45) is 8.24. The second kappa shape index (κ2) is 7.57. The molecule has 0 spiro atoms. The second-order valence-corrected chi connectivity index (χ2v) is 7.05. The van der Waals surface area contributed by atoms with Gasteiger partial charge in [0.2, 0.25) is 0 Å². The molecule has 2 aromatic heterocycles. The quantitative estimate of drug-likeness (QED) is 0.382. The molecule has 0 amide bonds. The Balaban J connectivity index is 0.00000169. The SMILES string of the molecule is CN=C(NCc1cn2cc(Br)ccc2n1)NC1CC2CCC1O2.I. The highest BCUT2D eigenvalue weighted by molar-refractivity contribution is 14.0. The van der Waals surface area contributed by atoms with E-state index in [1.54, 1.807) is 7.05 Å². The molecule has 2 fully saturated rings. The fourth-order valence-electron chi connectivity index (χ4n) is 3.44. The Hall–Kier alpha value is -0.870. The third-order valence-corrected chi connectivity index (χ3v) is 5.02. The average Bonchev–Trinajstić information content (AvgIpc) is 3.25. The molecule has 6 nitrogen and oxygen atoms in total. The van der Waals surface area contributed by atoms with Crippen LogP contribution in [0, 0.1) is 0 Å². The number of pyridine rings is 1. The molecule has 2 bridgehead atoms. The maximum absolute atomic E-state index is 5.88. The summed E-state index contributed by atoms with van der Waals surface area (Å²) >= 11 is 3.47. The number of aromatic nitrogens is 2. The molecule has 3 unspecified atom stereocenters. The van der Waals surface area contributed by atoms with Crippen molar-refractivity contribution in [3.63, 3.8) is 0 Å². The van der Waals surface area contributed by atoms with Crippen LogP contribution >= 0.6 is 39.9 Å². The van der Waals surface area contributed by atoms with Crippen molar-refractivity contribution in [1.29, 1.82) is 0 Å². The Labute approximate surface area is 166 Å². The van der Waals surface area contributed by atoms with Crippen LogP contribution in [-0.2, 0) is 11.3 Å². The zero-order chi connectivity index (χ0) is 15.8. The van der Waals surface area contributed by atoms with E-state index in [1.165, 1.54) is 6.42 Å². The van der Waals surface area contributed by atoms with E-state index in [0.717, 1.165) is 34.6 Å². The molecule has 24 heavy (non-hydrogen) atoms. The van der Waals surface area contributed by atoms with E-state index in [-0.39, 0.29) is 24.0 Å². The van der Waals surface area contributed by atoms with E-state index in [9.17, 15) is 0 Å². The van der Waals surface area contributed by atoms with Crippen molar-refractivity contribution in [3.8, 4) is 0 Å². The van der Waals surface area contributed by atoms with Crippen molar-refractivity contribution in [2.24, 2.45) is 4.99 Å². The molecule has 0 aromatic carbocycles. The molecule has 2 aliphatic rings.